The zero-order chi connectivity index (χ0) is 17.3. The minimum atomic E-state index is -0.245. The van der Waals surface area contributed by atoms with Gasteiger partial charge in [-0.3, -0.25) is 9.79 Å². The molecule has 1 aromatic rings. The maximum atomic E-state index is 11.9. The van der Waals surface area contributed by atoms with Gasteiger partial charge < -0.3 is 21.7 Å². The Bertz CT molecular complexity index is 770. The third-order valence-corrected chi connectivity index (χ3v) is 5.16. The number of nitrogens with zero attached hydrogens (tertiary/aromatic N) is 3. The lowest BCUT2D eigenvalue weighted by atomic mass is 10.0. The minimum absolute atomic E-state index is 0.221. The van der Waals surface area contributed by atoms with Crippen LogP contribution in [0.15, 0.2) is 45.8 Å². The summed E-state index contributed by atoms with van der Waals surface area (Å²) in [5.74, 6) is 0.467. The Labute approximate surface area is 144 Å². The van der Waals surface area contributed by atoms with Gasteiger partial charge in [0.15, 0.2) is 5.04 Å². The van der Waals surface area contributed by atoms with E-state index in [2.05, 4.69) is 21.4 Å². The molecule has 7 nitrogen and oxygen atoms in total. The number of amides is 1. The second kappa shape index (κ2) is 6.66. The SMILES string of the molecule is C/N=C1/SC(C(=O)NC)=N/C1=C(/N)N1CC(CN)c2ccccc21. The molecule has 1 unspecified atom stereocenters. The van der Waals surface area contributed by atoms with Crippen molar-refractivity contribution in [2.24, 2.45) is 21.5 Å². The summed E-state index contributed by atoms with van der Waals surface area (Å²) in [6.07, 6.45) is 0. The highest BCUT2D eigenvalue weighted by Crippen LogP contribution is 2.38. The zero-order valence-corrected chi connectivity index (χ0v) is 14.4. The van der Waals surface area contributed by atoms with Crippen molar-refractivity contribution >= 4 is 33.4 Å². The van der Waals surface area contributed by atoms with Crippen molar-refractivity contribution in [3.05, 3.63) is 41.3 Å². The summed E-state index contributed by atoms with van der Waals surface area (Å²) in [7, 11) is 3.24. The summed E-state index contributed by atoms with van der Waals surface area (Å²) >= 11 is 1.23. The van der Waals surface area contributed by atoms with E-state index in [0.29, 0.717) is 34.7 Å². The van der Waals surface area contributed by atoms with Crippen molar-refractivity contribution in [1.29, 1.82) is 0 Å². The molecule has 2 aliphatic heterocycles. The van der Waals surface area contributed by atoms with Gasteiger partial charge in [0.25, 0.3) is 5.91 Å². The van der Waals surface area contributed by atoms with Crippen molar-refractivity contribution in [1.82, 2.24) is 5.32 Å². The van der Waals surface area contributed by atoms with Crippen LogP contribution in [-0.2, 0) is 4.79 Å². The number of anilines is 1. The molecule has 126 valence electrons. The highest BCUT2D eigenvalue weighted by Gasteiger charge is 2.33. The highest BCUT2D eigenvalue weighted by atomic mass is 32.2. The van der Waals surface area contributed by atoms with Gasteiger partial charge >= 0.3 is 0 Å². The van der Waals surface area contributed by atoms with E-state index in [0.717, 1.165) is 5.69 Å². The van der Waals surface area contributed by atoms with Gasteiger partial charge in [0.05, 0.1) is 0 Å². The predicted molar refractivity (Wildman–Crippen MR) is 99.2 cm³/mol. The van der Waals surface area contributed by atoms with Gasteiger partial charge in [0, 0.05) is 38.8 Å². The van der Waals surface area contributed by atoms with Crippen LogP contribution in [0.2, 0.25) is 0 Å². The van der Waals surface area contributed by atoms with E-state index >= 15 is 0 Å². The van der Waals surface area contributed by atoms with E-state index in [1.165, 1.54) is 17.3 Å². The maximum absolute atomic E-state index is 11.9. The molecule has 5 N–H and O–H groups in total. The van der Waals surface area contributed by atoms with Crippen molar-refractivity contribution in [3.8, 4) is 0 Å². The Hall–Kier alpha value is -2.32. The Morgan fingerprint density at radius 2 is 2.25 bits per heavy atom. The second-order valence-corrected chi connectivity index (χ2v) is 6.44. The van der Waals surface area contributed by atoms with Crippen LogP contribution < -0.4 is 21.7 Å². The molecule has 24 heavy (non-hydrogen) atoms. The zero-order valence-electron chi connectivity index (χ0n) is 13.6. The lowest BCUT2D eigenvalue weighted by molar-refractivity contribution is -0.114. The summed E-state index contributed by atoms with van der Waals surface area (Å²) in [6, 6.07) is 8.07. The number of nitrogens with one attached hydrogen (secondary N) is 1. The molecule has 0 spiro atoms. The van der Waals surface area contributed by atoms with Gasteiger partial charge in [-0.25, -0.2) is 4.99 Å². The highest BCUT2D eigenvalue weighted by molar-refractivity contribution is 8.29. The third kappa shape index (κ3) is 2.67. The van der Waals surface area contributed by atoms with Crippen LogP contribution in [0.3, 0.4) is 0 Å². The Morgan fingerprint density at radius 3 is 2.92 bits per heavy atom. The Balaban J connectivity index is 2.04. The molecule has 0 saturated carbocycles. The maximum Gasteiger partial charge on any atom is 0.276 e. The van der Waals surface area contributed by atoms with Gasteiger partial charge in [-0.05, 0) is 23.4 Å². The molecule has 2 heterocycles. The number of benzene rings is 1. The van der Waals surface area contributed by atoms with Gasteiger partial charge in [-0.15, -0.1) is 0 Å². The molecule has 1 aromatic carbocycles. The van der Waals surface area contributed by atoms with E-state index in [1.54, 1.807) is 14.1 Å². The topological polar surface area (TPSA) is 109 Å². The van der Waals surface area contributed by atoms with Crippen molar-refractivity contribution < 1.29 is 4.79 Å². The van der Waals surface area contributed by atoms with E-state index in [1.807, 2.05) is 23.1 Å². The van der Waals surface area contributed by atoms with Crippen molar-refractivity contribution in [2.45, 2.75) is 5.92 Å². The van der Waals surface area contributed by atoms with Gasteiger partial charge in [-0.1, -0.05) is 18.2 Å². The third-order valence-electron chi connectivity index (χ3n) is 4.12. The molecule has 8 heteroatoms. The van der Waals surface area contributed by atoms with Crippen LogP contribution in [0.4, 0.5) is 5.69 Å². The fourth-order valence-corrected chi connectivity index (χ4v) is 3.74. The van der Waals surface area contributed by atoms with E-state index in [9.17, 15) is 4.79 Å². The number of fused-ring (bicyclic) bond motifs is 1. The quantitative estimate of drug-likeness (QED) is 0.744. The molecule has 1 amide bonds. The van der Waals surface area contributed by atoms with Crippen LogP contribution in [0.25, 0.3) is 0 Å². The number of aliphatic imine (C=N–C) groups is 2. The lowest BCUT2D eigenvalue weighted by Gasteiger charge is -2.21. The number of nitrogens with two attached hydrogens (primary N) is 2. The fraction of sp³-hybridized carbons (Fsp3) is 0.312. The summed E-state index contributed by atoms with van der Waals surface area (Å²) in [5, 5.41) is 3.56. The first-order valence-electron chi connectivity index (χ1n) is 7.62. The standard InChI is InChI=1S/C16H20N6OS/c1-19-14(23)16-21-12(15(20-2)24-16)13(18)22-8-9(7-17)10-5-3-4-6-11(10)22/h3-6,9H,7-8,17-18H2,1-2H3,(H,19,23)/b13-12-,20-15+. The van der Waals surface area contributed by atoms with E-state index in [-0.39, 0.29) is 11.8 Å². The molecule has 0 aliphatic carbocycles. The largest absolute Gasteiger partial charge is 0.383 e. The average molecular weight is 344 g/mol. The first-order valence-corrected chi connectivity index (χ1v) is 8.44. The monoisotopic (exact) mass is 344 g/mol. The molecule has 3 rings (SSSR count). The van der Waals surface area contributed by atoms with Crippen LogP contribution in [0, 0.1) is 0 Å². The van der Waals surface area contributed by atoms with Crippen LogP contribution in [0.1, 0.15) is 11.5 Å². The predicted octanol–water partition coefficient (Wildman–Crippen LogP) is 0.596. The molecular formula is C16H20N6OS. The van der Waals surface area contributed by atoms with E-state index < -0.39 is 0 Å². The lowest BCUT2D eigenvalue weighted by Crippen LogP contribution is -2.30. The fourth-order valence-electron chi connectivity index (χ4n) is 2.89. The second-order valence-electron chi connectivity index (χ2n) is 5.46. The molecule has 0 fully saturated rings. The molecule has 0 saturated heterocycles. The number of hydrogen-bond acceptors (Lipinski definition) is 7. The summed E-state index contributed by atoms with van der Waals surface area (Å²) in [5.41, 5.74) is 15.1. The molecule has 2 aliphatic rings. The summed E-state index contributed by atoms with van der Waals surface area (Å²) < 4.78 is 0. The molecule has 0 aromatic heterocycles. The van der Waals surface area contributed by atoms with Gasteiger partial charge in [-0.2, -0.15) is 0 Å². The number of para-hydroxylation sites is 1. The molecule has 0 radical (unpaired) electrons. The molecular weight excluding hydrogens is 324 g/mol. The Kier molecular flexibility index (Phi) is 4.59. The number of carbonyl (C=O) groups excluding carboxylic acids is 1. The van der Waals surface area contributed by atoms with Gasteiger partial charge in [0.1, 0.15) is 16.6 Å². The van der Waals surface area contributed by atoms with Gasteiger partial charge in [0.2, 0.25) is 0 Å². The van der Waals surface area contributed by atoms with Crippen LogP contribution >= 0.6 is 11.8 Å². The van der Waals surface area contributed by atoms with Crippen LogP contribution in [-0.4, -0.2) is 43.2 Å². The van der Waals surface area contributed by atoms with E-state index in [4.69, 9.17) is 11.5 Å². The first-order chi connectivity index (χ1) is 11.6. The van der Waals surface area contributed by atoms with Crippen molar-refractivity contribution in [2.75, 3.05) is 32.1 Å². The summed E-state index contributed by atoms with van der Waals surface area (Å²) in [4.78, 5) is 22.5. The normalized spacial score (nSPS) is 23.3. The number of hydrogen-bond donors (Lipinski definition) is 3. The minimum Gasteiger partial charge on any atom is -0.383 e. The average Bonchev–Trinajstić information content (AvgIpc) is 3.22. The number of rotatable bonds is 3. The first kappa shape index (κ1) is 16.5. The molecule has 0 bridgehead atoms. The smallest absolute Gasteiger partial charge is 0.276 e. The number of thioether (sulfide) groups is 1. The van der Waals surface area contributed by atoms with Crippen molar-refractivity contribution in [3.63, 3.8) is 0 Å². The van der Waals surface area contributed by atoms with Crippen LogP contribution in [0.5, 0.6) is 0 Å². The Morgan fingerprint density at radius 1 is 1.50 bits per heavy atom. The number of carbonyl (C=O) groups is 1. The summed E-state index contributed by atoms with van der Waals surface area (Å²) in [6.45, 7) is 1.24. The molecule has 1 atom stereocenters.